The SMILES string of the molecule is CCOC(CC(=O)O)c1ccc(OCCc2nc(-c3ccc(Cl)s3)oc2C)cc1. The van der Waals surface area contributed by atoms with Gasteiger partial charge in [-0.15, -0.1) is 11.3 Å². The van der Waals surface area contributed by atoms with Gasteiger partial charge in [0, 0.05) is 13.0 Å². The molecule has 1 atom stereocenters. The molecule has 3 aromatic rings. The van der Waals surface area contributed by atoms with Crippen molar-refractivity contribution >= 4 is 28.9 Å². The van der Waals surface area contributed by atoms with Crippen LogP contribution in [-0.4, -0.2) is 29.3 Å². The number of thiophene rings is 1. The molecule has 0 fully saturated rings. The van der Waals surface area contributed by atoms with E-state index < -0.39 is 12.1 Å². The molecule has 0 aliphatic carbocycles. The van der Waals surface area contributed by atoms with Crippen LogP contribution in [0.3, 0.4) is 0 Å². The van der Waals surface area contributed by atoms with E-state index in [1.165, 1.54) is 11.3 Å². The number of aliphatic carboxylic acids is 1. The molecule has 1 N–H and O–H groups in total. The van der Waals surface area contributed by atoms with E-state index in [0.29, 0.717) is 35.6 Å². The molecule has 0 aliphatic rings. The Morgan fingerprint density at radius 1 is 1.28 bits per heavy atom. The average Bonchev–Trinajstić information content (AvgIpc) is 3.27. The first-order valence-corrected chi connectivity index (χ1v) is 10.4. The van der Waals surface area contributed by atoms with Gasteiger partial charge in [-0.1, -0.05) is 23.7 Å². The maximum Gasteiger partial charge on any atom is 0.306 e. The van der Waals surface area contributed by atoms with E-state index in [1.54, 1.807) is 0 Å². The zero-order chi connectivity index (χ0) is 20.8. The van der Waals surface area contributed by atoms with Crippen LogP contribution in [0.2, 0.25) is 4.34 Å². The lowest BCUT2D eigenvalue weighted by Gasteiger charge is -2.16. The van der Waals surface area contributed by atoms with Crippen LogP contribution < -0.4 is 4.74 Å². The van der Waals surface area contributed by atoms with E-state index >= 15 is 0 Å². The zero-order valence-electron chi connectivity index (χ0n) is 16.2. The summed E-state index contributed by atoms with van der Waals surface area (Å²) >= 11 is 7.40. The van der Waals surface area contributed by atoms with Gasteiger partial charge in [-0.25, -0.2) is 4.98 Å². The Morgan fingerprint density at radius 3 is 2.66 bits per heavy atom. The first kappa shape index (κ1) is 21.4. The zero-order valence-corrected chi connectivity index (χ0v) is 17.8. The highest BCUT2D eigenvalue weighted by molar-refractivity contribution is 7.19. The summed E-state index contributed by atoms with van der Waals surface area (Å²) in [4.78, 5) is 16.4. The van der Waals surface area contributed by atoms with Crippen molar-refractivity contribution < 1.29 is 23.8 Å². The van der Waals surface area contributed by atoms with Gasteiger partial charge >= 0.3 is 5.97 Å². The summed E-state index contributed by atoms with van der Waals surface area (Å²) in [5.41, 5.74) is 1.66. The van der Waals surface area contributed by atoms with E-state index in [1.807, 2.05) is 50.2 Å². The molecule has 3 rings (SSSR count). The minimum absolute atomic E-state index is 0.0722. The number of hydrogen-bond acceptors (Lipinski definition) is 6. The molecule has 0 amide bonds. The second kappa shape index (κ2) is 9.91. The van der Waals surface area contributed by atoms with Crippen molar-refractivity contribution in [3.63, 3.8) is 0 Å². The van der Waals surface area contributed by atoms with E-state index in [9.17, 15) is 4.79 Å². The Kier molecular flexibility index (Phi) is 7.30. The third-order valence-corrected chi connectivity index (χ3v) is 5.48. The van der Waals surface area contributed by atoms with Crippen LogP contribution in [0.15, 0.2) is 40.8 Å². The Bertz CT molecular complexity index is 950. The van der Waals surface area contributed by atoms with Gasteiger partial charge in [0.05, 0.1) is 34.0 Å². The molecular formula is C21H22ClNO5S. The van der Waals surface area contributed by atoms with Gasteiger partial charge in [0.15, 0.2) is 0 Å². The van der Waals surface area contributed by atoms with E-state index in [4.69, 9.17) is 30.6 Å². The highest BCUT2D eigenvalue weighted by atomic mass is 35.5. The number of carboxylic acids is 1. The number of oxazole rings is 1. The van der Waals surface area contributed by atoms with Crippen molar-refractivity contribution in [3.05, 3.63) is 57.8 Å². The molecule has 2 aromatic heterocycles. The number of carbonyl (C=O) groups is 1. The predicted molar refractivity (Wildman–Crippen MR) is 112 cm³/mol. The highest BCUT2D eigenvalue weighted by Crippen LogP contribution is 2.31. The number of aryl methyl sites for hydroxylation is 1. The maximum absolute atomic E-state index is 11.0. The Hall–Kier alpha value is -2.35. The first-order valence-electron chi connectivity index (χ1n) is 9.24. The topological polar surface area (TPSA) is 81.8 Å². The molecule has 0 bridgehead atoms. The number of benzene rings is 1. The summed E-state index contributed by atoms with van der Waals surface area (Å²) in [6.07, 6.45) is 0.0714. The molecule has 8 heteroatoms. The number of aromatic nitrogens is 1. The fraction of sp³-hybridized carbons (Fsp3) is 0.333. The van der Waals surface area contributed by atoms with Gasteiger partial charge < -0.3 is 19.0 Å². The largest absolute Gasteiger partial charge is 0.493 e. The summed E-state index contributed by atoms with van der Waals surface area (Å²) in [5.74, 6) is 1.14. The smallest absolute Gasteiger partial charge is 0.306 e. The van der Waals surface area contributed by atoms with Crippen molar-refractivity contribution in [2.45, 2.75) is 32.8 Å². The first-order chi connectivity index (χ1) is 14.0. The van der Waals surface area contributed by atoms with Gasteiger partial charge in [0.25, 0.3) is 0 Å². The van der Waals surface area contributed by atoms with Crippen molar-refractivity contribution in [2.75, 3.05) is 13.2 Å². The minimum atomic E-state index is -0.893. The lowest BCUT2D eigenvalue weighted by atomic mass is 10.1. The van der Waals surface area contributed by atoms with Crippen LogP contribution in [0.5, 0.6) is 5.75 Å². The van der Waals surface area contributed by atoms with E-state index in [2.05, 4.69) is 4.98 Å². The van der Waals surface area contributed by atoms with Crippen molar-refractivity contribution in [1.29, 1.82) is 0 Å². The summed E-state index contributed by atoms with van der Waals surface area (Å²) in [6.45, 7) is 4.62. The third-order valence-electron chi connectivity index (χ3n) is 4.26. The minimum Gasteiger partial charge on any atom is -0.493 e. The van der Waals surface area contributed by atoms with Crippen molar-refractivity contribution in [1.82, 2.24) is 4.98 Å². The van der Waals surface area contributed by atoms with Crippen LogP contribution in [0.25, 0.3) is 10.8 Å². The molecule has 0 saturated heterocycles. The van der Waals surface area contributed by atoms with Crippen LogP contribution >= 0.6 is 22.9 Å². The Labute approximate surface area is 178 Å². The molecule has 0 spiro atoms. The maximum atomic E-state index is 11.0. The monoisotopic (exact) mass is 435 g/mol. The molecule has 1 aromatic carbocycles. The molecular weight excluding hydrogens is 414 g/mol. The van der Waals surface area contributed by atoms with Gasteiger partial charge in [-0.3, -0.25) is 4.79 Å². The number of rotatable bonds is 10. The van der Waals surface area contributed by atoms with Crippen LogP contribution in [-0.2, 0) is 16.0 Å². The standard InChI is InChI=1S/C21H22ClNO5S/c1-3-26-17(12-20(24)25)14-4-6-15(7-5-14)27-11-10-16-13(2)28-21(23-16)18-8-9-19(22)29-18/h4-9,17H,3,10-12H2,1-2H3,(H,24,25). The predicted octanol–water partition coefficient (Wildman–Crippen LogP) is 5.54. The second-order valence-corrected chi connectivity index (χ2v) is 8.05. The van der Waals surface area contributed by atoms with E-state index in [-0.39, 0.29) is 6.42 Å². The third kappa shape index (κ3) is 5.82. The molecule has 0 aliphatic heterocycles. The molecule has 1 unspecified atom stereocenters. The molecule has 154 valence electrons. The average molecular weight is 436 g/mol. The Balaban J connectivity index is 1.57. The summed E-state index contributed by atoms with van der Waals surface area (Å²) in [5, 5.41) is 9.02. The summed E-state index contributed by atoms with van der Waals surface area (Å²) < 4.78 is 17.8. The van der Waals surface area contributed by atoms with Crippen LogP contribution in [0, 0.1) is 6.92 Å². The number of halogens is 1. The number of hydrogen-bond donors (Lipinski definition) is 1. The second-order valence-electron chi connectivity index (χ2n) is 6.33. The van der Waals surface area contributed by atoms with Gasteiger partial charge in [0.2, 0.25) is 5.89 Å². The fourth-order valence-corrected chi connectivity index (χ4v) is 3.84. The molecule has 0 radical (unpaired) electrons. The van der Waals surface area contributed by atoms with Crippen molar-refractivity contribution in [2.24, 2.45) is 0 Å². The molecule has 29 heavy (non-hydrogen) atoms. The van der Waals surface area contributed by atoms with E-state index in [0.717, 1.165) is 21.9 Å². The summed E-state index contributed by atoms with van der Waals surface area (Å²) in [6, 6.07) is 11.0. The van der Waals surface area contributed by atoms with Gasteiger partial charge in [-0.05, 0) is 43.7 Å². The number of carboxylic acid groups (broad SMARTS) is 1. The molecule has 2 heterocycles. The van der Waals surface area contributed by atoms with Crippen molar-refractivity contribution in [3.8, 4) is 16.5 Å². The van der Waals surface area contributed by atoms with Gasteiger partial charge in [-0.2, -0.15) is 0 Å². The molecule has 6 nitrogen and oxygen atoms in total. The van der Waals surface area contributed by atoms with Crippen LogP contribution in [0.4, 0.5) is 0 Å². The van der Waals surface area contributed by atoms with Gasteiger partial charge in [0.1, 0.15) is 11.5 Å². The number of ether oxygens (including phenoxy) is 2. The normalized spacial score (nSPS) is 12.1. The quantitative estimate of drug-likeness (QED) is 0.450. The fourth-order valence-electron chi connectivity index (χ4n) is 2.87. The lowest BCUT2D eigenvalue weighted by molar-refractivity contribution is -0.140. The lowest BCUT2D eigenvalue weighted by Crippen LogP contribution is -2.10. The highest BCUT2D eigenvalue weighted by Gasteiger charge is 2.16. The number of nitrogens with zero attached hydrogens (tertiary/aromatic N) is 1. The molecule has 0 saturated carbocycles. The summed E-state index contributed by atoms with van der Waals surface area (Å²) in [7, 11) is 0. The van der Waals surface area contributed by atoms with Crippen LogP contribution in [0.1, 0.15) is 36.5 Å². The Morgan fingerprint density at radius 2 is 2.03 bits per heavy atom.